The van der Waals surface area contributed by atoms with Crippen molar-refractivity contribution in [1.82, 2.24) is 9.97 Å². The number of anilines is 1. The van der Waals surface area contributed by atoms with E-state index in [1.165, 1.54) is 17.8 Å². The third-order valence-electron chi connectivity index (χ3n) is 4.07. The number of carbonyl (C=O) groups excluding carboxylic acids is 1. The first-order valence-corrected chi connectivity index (χ1v) is 9.58. The SMILES string of the molecule is Cc1cc(C)c(NC(=O)CSc2nc(-c3ccccc3)cc(=O)[nH]2)c(C)c1. The van der Waals surface area contributed by atoms with Crippen molar-refractivity contribution in [3.63, 3.8) is 0 Å². The number of H-pyrrole nitrogens is 1. The number of hydrogen-bond acceptors (Lipinski definition) is 4. The van der Waals surface area contributed by atoms with Crippen LogP contribution in [-0.2, 0) is 4.79 Å². The second-order valence-corrected chi connectivity index (χ2v) is 7.38. The van der Waals surface area contributed by atoms with Crippen LogP contribution in [0.2, 0.25) is 0 Å². The molecule has 0 saturated carbocycles. The van der Waals surface area contributed by atoms with E-state index in [4.69, 9.17) is 0 Å². The summed E-state index contributed by atoms with van der Waals surface area (Å²) in [6.07, 6.45) is 0. The van der Waals surface area contributed by atoms with E-state index in [0.717, 1.165) is 27.9 Å². The van der Waals surface area contributed by atoms with Crippen LogP contribution in [0.15, 0.2) is 58.5 Å². The van der Waals surface area contributed by atoms with Crippen LogP contribution in [0.5, 0.6) is 0 Å². The van der Waals surface area contributed by atoms with E-state index in [9.17, 15) is 9.59 Å². The van der Waals surface area contributed by atoms with Gasteiger partial charge in [-0.1, -0.05) is 59.8 Å². The molecule has 0 unspecified atom stereocenters. The summed E-state index contributed by atoms with van der Waals surface area (Å²) >= 11 is 1.21. The molecule has 0 aliphatic rings. The van der Waals surface area contributed by atoms with Gasteiger partial charge in [0.05, 0.1) is 11.4 Å². The second kappa shape index (κ2) is 8.22. The topological polar surface area (TPSA) is 74.8 Å². The summed E-state index contributed by atoms with van der Waals surface area (Å²) < 4.78 is 0. The highest BCUT2D eigenvalue weighted by atomic mass is 32.2. The summed E-state index contributed by atoms with van der Waals surface area (Å²) in [5.41, 5.74) is 5.28. The van der Waals surface area contributed by atoms with Crippen LogP contribution >= 0.6 is 11.8 Å². The number of aryl methyl sites for hydroxylation is 3. The predicted octanol–water partition coefficient (Wildman–Crippen LogP) is 4.09. The lowest BCUT2D eigenvalue weighted by atomic mass is 10.1. The van der Waals surface area contributed by atoms with Gasteiger partial charge in [0.25, 0.3) is 5.56 Å². The van der Waals surface area contributed by atoms with Gasteiger partial charge in [0.1, 0.15) is 0 Å². The summed E-state index contributed by atoms with van der Waals surface area (Å²) in [5.74, 6) is 0.0244. The fourth-order valence-electron chi connectivity index (χ4n) is 2.95. The number of nitrogens with one attached hydrogen (secondary N) is 2. The second-order valence-electron chi connectivity index (χ2n) is 6.41. The van der Waals surface area contributed by atoms with Gasteiger partial charge in [-0.2, -0.15) is 0 Å². The molecule has 1 amide bonds. The highest BCUT2D eigenvalue weighted by Crippen LogP contribution is 2.23. The molecule has 0 spiro atoms. The third-order valence-corrected chi connectivity index (χ3v) is 4.94. The van der Waals surface area contributed by atoms with Gasteiger partial charge in [-0.15, -0.1) is 0 Å². The van der Waals surface area contributed by atoms with E-state index in [1.807, 2.05) is 63.2 Å². The lowest BCUT2D eigenvalue weighted by Gasteiger charge is -2.12. The standard InChI is InChI=1S/C21H21N3O2S/c1-13-9-14(2)20(15(3)10-13)23-19(26)12-27-21-22-17(11-18(25)24-21)16-7-5-4-6-8-16/h4-11H,12H2,1-3H3,(H,23,26)(H,22,24,25). The summed E-state index contributed by atoms with van der Waals surface area (Å²) in [6, 6.07) is 15.0. The van der Waals surface area contributed by atoms with Crippen LogP contribution in [0, 0.1) is 20.8 Å². The van der Waals surface area contributed by atoms with E-state index in [-0.39, 0.29) is 17.2 Å². The maximum absolute atomic E-state index is 12.4. The number of nitrogens with zero attached hydrogens (tertiary/aromatic N) is 1. The van der Waals surface area contributed by atoms with Gasteiger partial charge in [0.2, 0.25) is 5.91 Å². The molecule has 0 aliphatic heterocycles. The Labute approximate surface area is 162 Å². The Morgan fingerprint density at radius 3 is 2.41 bits per heavy atom. The average molecular weight is 379 g/mol. The quantitative estimate of drug-likeness (QED) is 0.517. The minimum Gasteiger partial charge on any atom is -0.325 e. The van der Waals surface area contributed by atoms with E-state index in [1.54, 1.807) is 0 Å². The molecule has 0 radical (unpaired) electrons. The summed E-state index contributed by atoms with van der Waals surface area (Å²) in [7, 11) is 0. The minimum absolute atomic E-state index is 0.136. The molecule has 3 aromatic rings. The van der Waals surface area contributed by atoms with Crippen molar-refractivity contribution in [2.45, 2.75) is 25.9 Å². The first-order valence-electron chi connectivity index (χ1n) is 8.59. The highest BCUT2D eigenvalue weighted by Gasteiger charge is 2.11. The van der Waals surface area contributed by atoms with Gasteiger partial charge in [0.15, 0.2) is 5.16 Å². The van der Waals surface area contributed by atoms with Crippen molar-refractivity contribution in [3.8, 4) is 11.3 Å². The van der Waals surface area contributed by atoms with E-state index < -0.39 is 0 Å². The molecule has 0 fully saturated rings. The molecule has 2 aromatic carbocycles. The molecular weight excluding hydrogens is 358 g/mol. The Kier molecular flexibility index (Phi) is 5.76. The van der Waals surface area contributed by atoms with E-state index in [0.29, 0.717) is 10.9 Å². The molecule has 138 valence electrons. The van der Waals surface area contributed by atoms with E-state index in [2.05, 4.69) is 15.3 Å². The molecule has 3 rings (SSSR count). The first-order chi connectivity index (χ1) is 12.9. The van der Waals surface area contributed by atoms with Crippen molar-refractivity contribution >= 4 is 23.4 Å². The molecular formula is C21H21N3O2S. The fourth-order valence-corrected chi connectivity index (χ4v) is 3.62. The zero-order chi connectivity index (χ0) is 19.4. The number of amides is 1. The maximum atomic E-state index is 12.4. The van der Waals surface area contributed by atoms with Crippen molar-refractivity contribution in [2.24, 2.45) is 0 Å². The van der Waals surface area contributed by atoms with Crippen molar-refractivity contribution in [2.75, 3.05) is 11.1 Å². The Hall–Kier alpha value is -2.86. The Morgan fingerprint density at radius 2 is 1.74 bits per heavy atom. The summed E-state index contributed by atoms with van der Waals surface area (Å²) in [6.45, 7) is 5.99. The number of aromatic nitrogens is 2. The largest absolute Gasteiger partial charge is 0.325 e. The van der Waals surface area contributed by atoms with Crippen molar-refractivity contribution < 1.29 is 4.79 Å². The molecule has 1 heterocycles. The molecule has 0 aliphatic carbocycles. The number of thioether (sulfide) groups is 1. The highest BCUT2D eigenvalue weighted by molar-refractivity contribution is 7.99. The van der Waals surface area contributed by atoms with Gasteiger partial charge in [-0.3, -0.25) is 9.59 Å². The van der Waals surface area contributed by atoms with Crippen molar-refractivity contribution in [1.29, 1.82) is 0 Å². The summed E-state index contributed by atoms with van der Waals surface area (Å²) in [4.78, 5) is 31.4. The Bertz CT molecular complexity index is 1010. The lowest BCUT2D eigenvalue weighted by Crippen LogP contribution is -2.17. The maximum Gasteiger partial charge on any atom is 0.252 e. The molecule has 0 saturated heterocycles. The lowest BCUT2D eigenvalue weighted by molar-refractivity contribution is -0.113. The first kappa shape index (κ1) is 18.9. The monoisotopic (exact) mass is 379 g/mol. The van der Waals surface area contributed by atoms with Gasteiger partial charge >= 0.3 is 0 Å². The van der Waals surface area contributed by atoms with Crippen LogP contribution in [0.1, 0.15) is 16.7 Å². The number of aromatic amines is 1. The van der Waals surface area contributed by atoms with Gasteiger partial charge in [0, 0.05) is 17.3 Å². The van der Waals surface area contributed by atoms with Gasteiger partial charge < -0.3 is 10.3 Å². The van der Waals surface area contributed by atoms with Gasteiger partial charge in [-0.25, -0.2) is 4.98 Å². The number of benzene rings is 2. The summed E-state index contributed by atoms with van der Waals surface area (Å²) in [5, 5.41) is 3.38. The molecule has 6 heteroatoms. The van der Waals surface area contributed by atoms with E-state index >= 15 is 0 Å². The smallest absolute Gasteiger partial charge is 0.252 e. The molecule has 0 bridgehead atoms. The van der Waals surface area contributed by atoms with Crippen LogP contribution in [0.3, 0.4) is 0 Å². The Balaban J connectivity index is 1.71. The minimum atomic E-state index is -0.239. The van der Waals surface area contributed by atoms with Crippen LogP contribution in [0.4, 0.5) is 5.69 Å². The Morgan fingerprint density at radius 1 is 1.07 bits per heavy atom. The number of hydrogen-bond donors (Lipinski definition) is 2. The van der Waals surface area contributed by atoms with Crippen LogP contribution in [-0.4, -0.2) is 21.6 Å². The molecule has 0 atom stereocenters. The third kappa shape index (κ3) is 4.86. The van der Waals surface area contributed by atoms with Crippen LogP contribution in [0.25, 0.3) is 11.3 Å². The molecule has 2 N–H and O–H groups in total. The normalized spacial score (nSPS) is 10.6. The molecule has 5 nitrogen and oxygen atoms in total. The molecule has 27 heavy (non-hydrogen) atoms. The van der Waals surface area contributed by atoms with Crippen molar-refractivity contribution in [3.05, 3.63) is 75.6 Å². The predicted molar refractivity (Wildman–Crippen MR) is 110 cm³/mol. The van der Waals surface area contributed by atoms with Crippen LogP contribution < -0.4 is 10.9 Å². The molecule has 1 aromatic heterocycles. The average Bonchev–Trinajstić information content (AvgIpc) is 2.63. The zero-order valence-electron chi connectivity index (χ0n) is 15.5. The fraction of sp³-hybridized carbons (Fsp3) is 0.190. The van der Waals surface area contributed by atoms with Gasteiger partial charge in [-0.05, 0) is 31.9 Å². The zero-order valence-corrected chi connectivity index (χ0v) is 16.3. The number of carbonyl (C=O) groups is 1. The number of rotatable bonds is 5.